The largest absolute Gasteiger partial charge is 0.453 e. The lowest BCUT2D eigenvalue weighted by Crippen LogP contribution is -2.35. The standard InChI is InChI=1S/C19H25F3N6O2/c1-11-14(12(2)28-18(24-11)26-17(27-28)19(20,21)22)7-8-15(29)23-10-9-16(30)25-13-5-3-4-6-13/h13H,3-10H2,1-2H3,(H,23,29)(H,25,30). The van der Waals surface area contributed by atoms with Gasteiger partial charge in [-0.1, -0.05) is 12.8 Å². The molecule has 3 rings (SSSR count). The molecule has 1 aliphatic carbocycles. The van der Waals surface area contributed by atoms with Crippen LogP contribution >= 0.6 is 0 Å². The number of aromatic nitrogens is 4. The summed E-state index contributed by atoms with van der Waals surface area (Å²) in [5, 5.41) is 9.16. The van der Waals surface area contributed by atoms with Gasteiger partial charge in [0.1, 0.15) is 0 Å². The zero-order chi connectivity index (χ0) is 21.9. The van der Waals surface area contributed by atoms with Gasteiger partial charge in [0.2, 0.25) is 11.8 Å². The van der Waals surface area contributed by atoms with Crippen LogP contribution in [0.3, 0.4) is 0 Å². The van der Waals surface area contributed by atoms with E-state index in [0.29, 0.717) is 23.4 Å². The van der Waals surface area contributed by atoms with Gasteiger partial charge >= 0.3 is 6.18 Å². The molecule has 2 amide bonds. The van der Waals surface area contributed by atoms with E-state index in [2.05, 4.69) is 25.7 Å². The van der Waals surface area contributed by atoms with E-state index >= 15 is 0 Å². The molecule has 2 aromatic rings. The van der Waals surface area contributed by atoms with Gasteiger partial charge in [-0.05, 0) is 38.7 Å². The van der Waals surface area contributed by atoms with Crippen molar-refractivity contribution in [3.8, 4) is 0 Å². The number of nitrogens with zero attached hydrogens (tertiary/aromatic N) is 4. The predicted molar refractivity (Wildman–Crippen MR) is 102 cm³/mol. The third-order valence-electron chi connectivity index (χ3n) is 5.30. The number of carbonyl (C=O) groups excluding carboxylic acids is 2. The highest BCUT2D eigenvalue weighted by Crippen LogP contribution is 2.27. The number of fused-ring (bicyclic) bond motifs is 1. The SMILES string of the molecule is Cc1nc2nc(C(F)(F)F)nn2c(C)c1CCC(=O)NCCC(=O)NC1CCCC1. The quantitative estimate of drug-likeness (QED) is 0.707. The zero-order valence-electron chi connectivity index (χ0n) is 17.0. The molecule has 0 saturated heterocycles. The minimum absolute atomic E-state index is 0.0739. The summed E-state index contributed by atoms with van der Waals surface area (Å²) < 4.78 is 39.6. The molecular weight excluding hydrogens is 401 g/mol. The molecule has 0 atom stereocenters. The Labute approximate surface area is 171 Å². The summed E-state index contributed by atoms with van der Waals surface area (Å²) in [6.07, 6.45) is 0.254. The number of carbonyl (C=O) groups is 2. The van der Waals surface area contributed by atoms with E-state index in [1.165, 1.54) is 0 Å². The molecule has 2 N–H and O–H groups in total. The summed E-state index contributed by atoms with van der Waals surface area (Å²) in [7, 11) is 0. The highest BCUT2D eigenvalue weighted by atomic mass is 19.4. The smallest absolute Gasteiger partial charge is 0.356 e. The molecule has 11 heteroatoms. The average molecular weight is 426 g/mol. The summed E-state index contributed by atoms with van der Waals surface area (Å²) in [5.41, 5.74) is 1.62. The van der Waals surface area contributed by atoms with Gasteiger partial charge in [-0.15, -0.1) is 5.10 Å². The van der Waals surface area contributed by atoms with Crippen molar-refractivity contribution in [2.45, 2.75) is 71.0 Å². The molecule has 2 aromatic heterocycles. The number of hydrogen-bond acceptors (Lipinski definition) is 5. The van der Waals surface area contributed by atoms with E-state index in [-0.39, 0.29) is 43.0 Å². The maximum absolute atomic E-state index is 12.9. The Hall–Kier alpha value is -2.72. The van der Waals surface area contributed by atoms with E-state index in [1.54, 1.807) is 13.8 Å². The summed E-state index contributed by atoms with van der Waals surface area (Å²) in [6.45, 7) is 3.53. The van der Waals surface area contributed by atoms with Crippen molar-refractivity contribution in [1.29, 1.82) is 0 Å². The van der Waals surface area contributed by atoms with Gasteiger partial charge in [-0.3, -0.25) is 9.59 Å². The molecule has 1 saturated carbocycles. The second-order valence-electron chi connectivity index (χ2n) is 7.55. The number of nitrogens with one attached hydrogen (secondary N) is 2. The Morgan fingerprint density at radius 3 is 2.47 bits per heavy atom. The van der Waals surface area contributed by atoms with Crippen molar-refractivity contribution in [1.82, 2.24) is 30.2 Å². The maximum Gasteiger partial charge on any atom is 0.453 e. The number of halogens is 3. The molecule has 8 nitrogen and oxygen atoms in total. The van der Waals surface area contributed by atoms with Crippen LogP contribution in [0.4, 0.5) is 13.2 Å². The first-order valence-electron chi connectivity index (χ1n) is 10.0. The summed E-state index contributed by atoms with van der Waals surface area (Å²) >= 11 is 0. The van der Waals surface area contributed by atoms with Crippen LogP contribution in [0.1, 0.15) is 61.3 Å². The van der Waals surface area contributed by atoms with Crippen LogP contribution in [0.2, 0.25) is 0 Å². The molecule has 2 heterocycles. The number of rotatable bonds is 7. The lowest BCUT2D eigenvalue weighted by molar-refractivity contribution is -0.144. The first-order valence-corrected chi connectivity index (χ1v) is 10.0. The number of aryl methyl sites for hydroxylation is 2. The molecule has 0 aliphatic heterocycles. The first kappa shape index (κ1) is 22.0. The van der Waals surface area contributed by atoms with Crippen LogP contribution in [-0.4, -0.2) is 44.0 Å². The molecule has 0 spiro atoms. The molecule has 0 unspecified atom stereocenters. The topological polar surface area (TPSA) is 101 Å². The lowest BCUT2D eigenvalue weighted by atomic mass is 10.1. The fraction of sp³-hybridized carbons (Fsp3) is 0.632. The predicted octanol–water partition coefficient (Wildman–Crippen LogP) is 2.26. The van der Waals surface area contributed by atoms with Crippen LogP contribution < -0.4 is 10.6 Å². The molecule has 1 aliphatic rings. The summed E-state index contributed by atoms with van der Waals surface area (Å²) in [5.74, 6) is -1.69. The normalized spacial score (nSPS) is 15.0. The van der Waals surface area contributed by atoms with Crippen molar-refractivity contribution < 1.29 is 22.8 Å². The first-order chi connectivity index (χ1) is 14.1. The van der Waals surface area contributed by atoms with Gasteiger partial charge in [0.25, 0.3) is 11.6 Å². The molecule has 0 aromatic carbocycles. The van der Waals surface area contributed by atoms with Crippen LogP contribution in [-0.2, 0) is 22.2 Å². The Bertz CT molecular complexity index is 934. The summed E-state index contributed by atoms with van der Waals surface area (Å²) in [4.78, 5) is 31.5. The van der Waals surface area contributed by atoms with Gasteiger partial charge in [0.05, 0.1) is 0 Å². The second-order valence-corrected chi connectivity index (χ2v) is 7.55. The zero-order valence-corrected chi connectivity index (χ0v) is 17.0. The minimum Gasteiger partial charge on any atom is -0.356 e. The molecule has 30 heavy (non-hydrogen) atoms. The van der Waals surface area contributed by atoms with Gasteiger partial charge in [-0.2, -0.15) is 18.2 Å². The second kappa shape index (κ2) is 8.97. The fourth-order valence-corrected chi connectivity index (χ4v) is 3.70. The molecule has 1 fully saturated rings. The molecule has 164 valence electrons. The van der Waals surface area contributed by atoms with Crippen LogP contribution in [0.25, 0.3) is 5.78 Å². The summed E-state index contributed by atoms with van der Waals surface area (Å²) in [6, 6.07) is 0.246. The number of amides is 2. The maximum atomic E-state index is 12.9. The van der Waals surface area contributed by atoms with E-state index in [9.17, 15) is 22.8 Å². The third-order valence-corrected chi connectivity index (χ3v) is 5.30. The van der Waals surface area contributed by atoms with E-state index in [0.717, 1.165) is 30.2 Å². The van der Waals surface area contributed by atoms with Crippen molar-refractivity contribution in [2.24, 2.45) is 0 Å². The number of hydrogen-bond donors (Lipinski definition) is 2. The van der Waals surface area contributed by atoms with Gasteiger partial charge in [0.15, 0.2) is 0 Å². The Morgan fingerprint density at radius 1 is 1.10 bits per heavy atom. The number of alkyl halides is 3. The Morgan fingerprint density at radius 2 is 1.80 bits per heavy atom. The highest BCUT2D eigenvalue weighted by Gasteiger charge is 2.37. The monoisotopic (exact) mass is 426 g/mol. The van der Waals surface area contributed by atoms with Crippen molar-refractivity contribution in [2.75, 3.05) is 6.54 Å². The third kappa shape index (κ3) is 5.25. The lowest BCUT2D eigenvalue weighted by Gasteiger charge is -2.12. The van der Waals surface area contributed by atoms with Crippen LogP contribution in [0.5, 0.6) is 0 Å². The molecule has 0 bridgehead atoms. The van der Waals surface area contributed by atoms with Gasteiger partial charge in [-0.25, -0.2) is 9.50 Å². The van der Waals surface area contributed by atoms with Gasteiger partial charge in [0, 0.05) is 36.8 Å². The van der Waals surface area contributed by atoms with E-state index in [4.69, 9.17) is 0 Å². The highest BCUT2D eigenvalue weighted by molar-refractivity contribution is 5.79. The van der Waals surface area contributed by atoms with Crippen molar-refractivity contribution >= 4 is 17.6 Å². The Kier molecular flexibility index (Phi) is 6.57. The Balaban J connectivity index is 1.53. The fourth-order valence-electron chi connectivity index (χ4n) is 3.70. The van der Waals surface area contributed by atoms with Crippen LogP contribution in [0.15, 0.2) is 0 Å². The minimum atomic E-state index is -4.65. The molecular formula is C19H25F3N6O2. The van der Waals surface area contributed by atoms with Crippen molar-refractivity contribution in [3.63, 3.8) is 0 Å². The molecule has 0 radical (unpaired) electrons. The van der Waals surface area contributed by atoms with Crippen molar-refractivity contribution in [3.05, 3.63) is 22.8 Å². The average Bonchev–Trinajstić information content (AvgIpc) is 3.30. The van der Waals surface area contributed by atoms with Gasteiger partial charge < -0.3 is 10.6 Å². The van der Waals surface area contributed by atoms with Crippen LogP contribution in [0, 0.1) is 13.8 Å². The van der Waals surface area contributed by atoms with E-state index < -0.39 is 12.0 Å². The van der Waals surface area contributed by atoms with E-state index in [1.807, 2.05) is 0 Å².